The molecule has 6 nitrogen and oxygen atoms in total. The van der Waals surface area contributed by atoms with Gasteiger partial charge in [-0.15, -0.1) is 0 Å². The number of aromatic nitrogens is 2. The Bertz CT molecular complexity index is 663. The number of amides is 1. The number of halogens is 1. The number of rotatable bonds is 4. The molecular weight excluding hydrogens is 304 g/mol. The van der Waals surface area contributed by atoms with Gasteiger partial charge in [-0.1, -0.05) is 29.8 Å². The maximum Gasteiger partial charge on any atom is 0.260 e. The molecule has 1 aliphatic rings. The zero-order valence-electron chi connectivity index (χ0n) is 11.8. The van der Waals surface area contributed by atoms with Crippen molar-refractivity contribution in [3.63, 3.8) is 0 Å². The van der Waals surface area contributed by atoms with Crippen LogP contribution in [0.3, 0.4) is 0 Å². The van der Waals surface area contributed by atoms with Gasteiger partial charge < -0.3 is 15.0 Å². The lowest BCUT2D eigenvalue weighted by molar-refractivity contribution is -0.133. The second-order valence-electron chi connectivity index (χ2n) is 4.86. The van der Waals surface area contributed by atoms with Crippen molar-refractivity contribution in [3.8, 4) is 5.75 Å². The Hall–Kier alpha value is -2.34. The summed E-state index contributed by atoms with van der Waals surface area (Å²) in [5.74, 6) is 1.23. The summed E-state index contributed by atoms with van der Waals surface area (Å²) >= 11 is 5.73. The maximum atomic E-state index is 12.1. The minimum atomic E-state index is -0.0324. The molecule has 0 radical (unpaired) electrons. The second-order valence-corrected chi connectivity index (χ2v) is 5.30. The van der Waals surface area contributed by atoms with Crippen molar-refractivity contribution in [1.82, 2.24) is 14.9 Å². The molecule has 0 saturated carbocycles. The van der Waals surface area contributed by atoms with Crippen LogP contribution in [0.15, 0.2) is 36.7 Å². The number of fused-ring (bicyclic) bond motifs is 1. The van der Waals surface area contributed by atoms with E-state index in [4.69, 9.17) is 16.3 Å². The van der Waals surface area contributed by atoms with Gasteiger partial charge in [0.05, 0.1) is 17.4 Å². The Labute approximate surface area is 133 Å². The lowest BCUT2D eigenvalue weighted by Crippen LogP contribution is -2.36. The molecule has 114 valence electrons. The number of hydrogen-bond acceptors (Lipinski definition) is 5. The molecule has 3 rings (SSSR count). The lowest BCUT2D eigenvalue weighted by atomic mass is 10.2. The van der Waals surface area contributed by atoms with Crippen molar-refractivity contribution in [2.24, 2.45) is 0 Å². The number of hydrogen-bond donors (Lipinski definition) is 1. The van der Waals surface area contributed by atoms with Crippen LogP contribution in [0.25, 0.3) is 0 Å². The normalized spacial score (nSPS) is 14.0. The molecule has 0 bridgehead atoms. The first kappa shape index (κ1) is 14.6. The van der Waals surface area contributed by atoms with E-state index in [0.29, 0.717) is 30.6 Å². The van der Waals surface area contributed by atoms with Crippen LogP contribution in [-0.4, -0.2) is 40.5 Å². The van der Waals surface area contributed by atoms with E-state index < -0.39 is 0 Å². The fraction of sp³-hybridized carbons (Fsp3) is 0.267. The zero-order chi connectivity index (χ0) is 15.4. The highest BCUT2D eigenvalue weighted by Gasteiger charge is 2.20. The summed E-state index contributed by atoms with van der Waals surface area (Å²) in [7, 11) is 0. The van der Waals surface area contributed by atoms with Gasteiger partial charge >= 0.3 is 0 Å². The minimum Gasteiger partial charge on any atom is -0.483 e. The highest BCUT2D eigenvalue weighted by Crippen LogP contribution is 2.22. The molecule has 22 heavy (non-hydrogen) atoms. The van der Waals surface area contributed by atoms with E-state index in [1.807, 2.05) is 24.3 Å². The Morgan fingerprint density at radius 2 is 2.05 bits per heavy atom. The van der Waals surface area contributed by atoms with E-state index in [0.717, 1.165) is 11.3 Å². The third kappa shape index (κ3) is 3.46. The number of para-hydroxylation sites is 1. The van der Waals surface area contributed by atoms with Crippen molar-refractivity contribution in [2.75, 3.05) is 25.0 Å². The van der Waals surface area contributed by atoms with E-state index in [1.165, 1.54) is 12.4 Å². The van der Waals surface area contributed by atoms with Crippen LogP contribution >= 0.6 is 11.6 Å². The molecule has 2 heterocycles. The molecule has 0 saturated heterocycles. The van der Waals surface area contributed by atoms with Crippen molar-refractivity contribution >= 4 is 23.5 Å². The summed E-state index contributed by atoms with van der Waals surface area (Å²) in [6, 6.07) is 7.69. The van der Waals surface area contributed by atoms with E-state index in [1.54, 1.807) is 4.90 Å². The van der Waals surface area contributed by atoms with Crippen LogP contribution in [0, 0.1) is 0 Å². The average Bonchev–Trinajstić information content (AvgIpc) is 2.69. The topological polar surface area (TPSA) is 67.3 Å². The summed E-state index contributed by atoms with van der Waals surface area (Å²) in [4.78, 5) is 22.0. The number of nitrogens with one attached hydrogen (secondary N) is 1. The number of nitrogens with zero attached hydrogens (tertiary/aromatic N) is 3. The van der Waals surface area contributed by atoms with Gasteiger partial charge in [0.25, 0.3) is 5.91 Å². The number of anilines is 1. The number of benzene rings is 1. The fourth-order valence-corrected chi connectivity index (χ4v) is 2.31. The van der Waals surface area contributed by atoms with Gasteiger partial charge in [-0.05, 0) is 6.07 Å². The predicted octanol–water partition coefficient (Wildman–Crippen LogP) is 1.96. The smallest absolute Gasteiger partial charge is 0.260 e. The average molecular weight is 319 g/mol. The van der Waals surface area contributed by atoms with Crippen molar-refractivity contribution < 1.29 is 9.53 Å². The first-order valence-electron chi connectivity index (χ1n) is 6.92. The van der Waals surface area contributed by atoms with Crippen molar-refractivity contribution in [1.29, 1.82) is 0 Å². The summed E-state index contributed by atoms with van der Waals surface area (Å²) in [6.07, 6.45) is 3.05. The Kier molecular flexibility index (Phi) is 4.39. The fourth-order valence-electron chi connectivity index (χ4n) is 2.21. The predicted molar refractivity (Wildman–Crippen MR) is 82.9 cm³/mol. The molecule has 0 aliphatic carbocycles. The van der Waals surface area contributed by atoms with Crippen LogP contribution in [-0.2, 0) is 11.3 Å². The summed E-state index contributed by atoms with van der Waals surface area (Å²) in [5.41, 5.74) is 1.01. The van der Waals surface area contributed by atoms with Crippen LogP contribution in [0.1, 0.15) is 5.56 Å². The standard InChI is InChI=1S/C15H15ClN4O2/c16-12-7-18-15(19-8-12)17-5-6-20-9-11-3-1-2-4-13(11)22-10-14(20)21/h1-4,7-8H,5-6,9-10H2,(H,17,18,19). The largest absolute Gasteiger partial charge is 0.483 e. The van der Waals surface area contributed by atoms with Gasteiger partial charge in [0, 0.05) is 25.2 Å². The minimum absolute atomic E-state index is 0.0324. The maximum absolute atomic E-state index is 12.1. The van der Waals surface area contributed by atoms with E-state index in [9.17, 15) is 4.79 Å². The van der Waals surface area contributed by atoms with Crippen molar-refractivity contribution in [3.05, 3.63) is 47.2 Å². The van der Waals surface area contributed by atoms with Gasteiger partial charge in [0.2, 0.25) is 5.95 Å². The molecule has 0 fully saturated rings. The van der Waals surface area contributed by atoms with Crippen LogP contribution in [0.4, 0.5) is 5.95 Å². The molecule has 0 atom stereocenters. The molecule has 1 aromatic heterocycles. The molecule has 1 aromatic carbocycles. The third-order valence-electron chi connectivity index (χ3n) is 3.32. The summed E-state index contributed by atoms with van der Waals surface area (Å²) in [5, 5.41) is 3.56. The van der Waals surface area contributed by atoms with E-state index >= 15 is 0 Å². The van der Waals surface area contributed by atoms with Gasteiger partial charge in [-0.3, -0.25) is 4.79 Å². The first-order valence-corrected chi connectivity index (χ1v) is 7.30. The molecular formula is C15H15ClN4O2. The quantitative estimate of drug-likeness (QED) is 0.933. The van der Waals surface area contributed by atoms with Gasteiger partial charge in [-0.25, -0.2) is 9.97 Å². The van der Waals surface area contributed by atoms with Crippen molar-refractivity contribution in [2.45, 2.75) is 6.54 Å². The first-order chi connectivity index (χ1) is 10.7. The van der Waals surface area contributed by atoms with Gasteiger partial charge in [0.15, 0.2) is 6.61 Å². The molecule has 0 spiro atoms. The summed E-state index contributed by atoms with van der Waals surface area (Å²) < 4.78 is 5.52. The van der Waals surface area contributed by atoms with Crippen LogP contribution in [0.2, 0.25) is 5.02 Å². The molecule has 1 N–H and O–H groups in total. The number of carbonyl (C=O) groups excluding carboxylic acids is 1. The summed E-state index contributed by atoms with van der Waals surface area (Å²) in [6.45, 7) is 1.70. The monoisotopic (exact) mass is 318 g/mol. The second kappa shape index (κ2) is 6.62. The molecule has 0 unspecified atom stereocenters. The number of carbonyl (C=O) groups is 1. The molecule has 1 amide bonds. The highest BCUT2D eigenvalue weighted by molar-refractivity contribution is 6.30. The van der Waals surface area contributed by atoms with Crippen LogP contribution < -0.4 is 10.1 Å². The van der Waals surface area contributed by atoms with Gasteiger partial charge in [0.1, 0.15) is 5.75 Å². The highest BCUT2D eigenvalue weighted by atomic mass is 35.5. The third-order valence-corrected chi connectivity index (χ3v) is 3.52. The number of ether oxygens (including phenoxy) is 1. The lowest BCUT2D eigenvalue weighted by Gasteiger charge is -2.20. The zero-order valence-corrected chi connectivity index (χ0v) is 12.6. The van der Waals surface area contributed by atoms with Gasteiger partial charge in [-0.2, -0.15) is 0 Å². The van der Waals surface area contributed by atoms with Crippen LogP contribution in [0.5, 0.6) is 5.75 Å². The Morgan fingerprint density at radius 1 is 1.27 bits per heavy atom. The Balaban J connectivity index is 1.59. The van der Waals surface area contributed by atoms with E-state index in [-0.39, 0.29) is 12.5 Å². The molecule has 7 heteroatoms. The Morgan fingerprint density at radius 3 is 2.86 bits per heavy atom. The van der Waals surface area contributed by atoms with E-state index in [2.05, 4.69) is 15.3 Å². The SMILES string of the molecule is O=C1COc2ccccc2CN1CCNc1ncc(Cl)cn1. The molecule has 1 aliphatic heterocycles. The molecule has 2 aromatic rings.